The van der Waals surface area contributed by atoms with E-state index < -0.39 is 23.0 Å². The maximum atomic E-state index is 12.5. The summed E-state index contributed by atoms with van der Waals surface area (Å²) in [5.41, 5.74) is 6.13. The van der Waals surface area contributed by atoms with E-state index in [1.807, 2.05) is 0 Å². The highest BCUT2D eigenvalue weighted by Crippen LogP contribution is 2.29. The number of carboxylic acids is 1. The van der Waals surface area contributed by atoms with Crippen molar-refractivity contribution in [3.63, 3.8) is 0 Å². The van der Waals surface area contributed by atoms with E-state index in [4.69, 9.17) is 15.3 Å². The molecule has 27 heavy (non-hydrogen) atoms. The molecule has 0 saturated carbocycles. The van der Waals surface area contributed by atoms with E-state index in [0.717, 1.165) is 16.7 Å². The van der Waals surface area contributed by atoms with Gasteiger partial charge in [0.2, 0.25) is 11.8 Å². The fourth-order valence-corrected chi connectivity index (χ4v) is 3.22. The Labute approximate surface area is 157 Å². The molecule has 1 atom stereocenters. The molecule has 1 aliphatic rings. The van der Waals surface area contributed by atoms with Gasteiger partial charge in [-0.2, -0.15) is 5.10 Å². The molecule has 1 aromatic carbocycles. The average Bonchev–Trinajstić information content (AvgIpc) is 3.24. The lowest BCUT2D eigenvalue weighted by Gasteiger charge is -2.14. The molecule has 138 valence electrons. The molecule has 2 aromatic rings. The van der Waals surface area contributed by atoms with Gasteiger partial charge in [0.05, 0.1) is 23.7 Å². The molecule has 2 heterocycles. The predicted octanol–water partition coefficient (Wildman–Crippen LogP) is 1.69. The number of carboxylic acid groups (broad SMARTS) is 1. The Morgan fingerprint density at radius 3 is 2.67 bits per heavy atom. The Bertz CT molecular complexity index is 921. The molecule has 3 rings (SSSR count). The van der Waals surface area contributed by atoms with Gasteiger partial charge < -0.3 is 15.3 Å². The van der Waals surface area contributed by atoms with Crippen molar-refractivity contribution in [2.75, 3.05) is 4.90 Å². The minimum atomic E-state index is -1.09. The number of hydrogen-bond acceptors (Lipinski definition) is 7. The number of benzene rings is 1. The Kier molecular flexibility index (Phi) is 5.36. The van der Waals surface area contributed by atoms with Crippen LogP contribution in [0.3, 0.4) is 0 Å². The van der Waals surface area contributed by atoms with Gasteiger partial charge in [-0.15, -0.1) is 5.10 Å². The molecule has 0 aliphatic carbocycles. The lowest BCUT2D eigenvalue weighted by molar-refractivity contribution is -0.121. The second-order valence-electron chi connectivity index (χ2n) is 5.43. The summed E-state index contributed by atoms with van der Waals surface area (Å²) in [5, 5.41) is 15.8. The summed E-state index contributed by atoms with van der Waals surface area (Å²) in [5.74, 6) is -1.43. The largest absolute Gasteiger partial charge is 0.478 e. The van der Waals surface area contributed by atoms with Crippen molar-refractivity contribution in [3.05, 3.63) is 54.0 Å². The lowest BCUT2D eigenvalue weighted by Crippen LogP contribution is -2.31. The van der Waals surface area contributed by atoms with Gasteiger partial charge in [0.15, 0.2) is 5.17 Å². The highest BCUT2D eigenvalue weighted by atomic mass is 32.2. The van der Waals surface area contributed by atoms with Gasteiger partial charge in [-0.25, -0.2) is 9.69 Å². The van der Waals surface area contributed by atoms with Gasteiger partial charge in [-0.1, -0.05) is 11.8 Å². The van der Waals surface area contributed by atoms with Gasteiger partial charge in [0, 0.05) is 6.42 Å². The maximum Gasteiger partial charge on any atom is 0.335 e. The maximum absolute atomic E-state index is 12.5. The number of hydrogen-bond donors (Lipinski definition) is 2. The molecular formula is C17H14N4O5S. The number of rotatable bonds is 5. The summed E-state index contributed by atoms with van der Waals surface area (Å²) in [4.78, 5) is 36.7. The van der Waals surface area contributed by atoms with Crippen LogP contribution in [0.15, 0.2) is 57.3 Å². The fraction of sp³-hybridized carbons (Fsp3) is 0.118. The lowest BCUT2D eigenvalue weighted by atomic mass is 10.2. The zero-order valence-electron chi connectivity index (χ0n) is 13.8. The highest BCUT2D eigenvalue weighted by molar-refractivity contribution is 8.14. The molecular weight excluding hydrogens is 372 g/mol. The number of imide groups is 1. The van der Waals surface area contributed by atoms with Crippen LogP contribution in [0.2, 0.25) is 0 Å². The Balaban J connectivity index is 1.67. The number of nitrogens with zero attached hydrogens (tertiary/aromatic N) is 3. The summed E-state index contributed by atoms with van der Waals surface area (Å²) in [6.45, 7) is 0. The summed E-state index contributed by atoms with van der Waals surface area (Å²) >= 11 is 0.940. The Morgan fingerprint density at radius 2 is 2.04 bits per heavy atom. The topological polar surface area (TPSA) is 139 Å². The van der Waals surface area contributed by atoms with Crippen LogP contribution >= 0.6 is 11.8 Å². The van der Waals surface area contributed by atoms with E-state index in [0.29, 0.717) is 11.4 Å². The molecule has 1 fully saturated rings. The van der Waals surface area contributed by atoms with Gasteiger partial charge in [0.25, 0.3) is 0 Å². The Hall–Kier alpha value is -3.40. The molecule has 1 aromatic heterocycles. The minimum Gasteiger partial charge on any atom is -0.478 e. The van der Waals surface area contributed by atoms with Gasteiger partial charge >= 0.3 is 5.97 Å². The molecule has 1 unspecified atom stereocenters. The summed E-state index contributed by atoms with van der Waals surface area (Å²) < 4.78 is 5.06. The first-order valence-electron chi connectivity index (χ1n) is 7.72. The number of amides is 2. The first-order chi connectivity index (χ1) is 13.0. The average molecular weight is 386 g/mol. The number of anilines is 1. The van der Waals surface area contributed by atoms with Crippen molar-refractivity contribution < 1.29 is 23.9 Å². The van der Waals surface area contributed by atoms with E-state index in [2.05, 4.69) is 10.2 Å². The van der Waals surface area contributed by atoms with E-state index >= 15 is 0 Å². The third kappa shape index (κ3) is 4.23. The first kappa shape index (κ1) is 18.4. The molecule has 0 spiro atoms. The normalized spacial score (nSPS) is 17.9. The molecule has 2 amide bonds. The zero-order valence-corrected chi connectivity index (χ0v) is 14.6. The quantitative estimate of drug-likeness (QED) is 0.345. The van der Waals surface area contributed by atoms with Gasteiger partial charge in [-0.3, -0.25) is 9.59 Å². The van der Waals surface area contributed by atoms with Crippen molar-refractivity contribution in [1.29, 1.82) is 0 Å². The second-order valence-corrected chi connectivity index (χ2v) is 6.65. The summed E-state index contributed by atoms with van der Waals surface area (Å²) in [7, 11) is 0. The smallest absolute Gasteiger partial charge is 0.335 e. The van der Waals surface area contributed by atoms with Crippen LogP contribution in [0.4, 0.5) is 5.69 Å². The highest BCUT2D eigenvalue weighted by Gasteiger charge is 2.40. The molecule has 0 radical (unpaired) electrons. The van der Waals surface area contributed by atoms with E-state index in [9.17, 15) is 14.4 Å². The van der Waals surface area contributed by atoms with E-state index in [-0.39, 0.29) is 17.2 Å². The third-order valence-corrected chi connectivity index (χ3v) is 4.60. The van der Waals surface area contributed by atoms with Crippen LogP contribution in [-0.2, 0) is 9.59 Å². The number of carbonyl (C=O) groups excluding carboxylic acids is 2. The van der Waals surface area contributed by atoms with Crippen LogP contribution in [-0.4, -0.2) is 39.5 Å². The number of thioether (sulfide) groups is 1. The number of furan rings is 1. The molecule has 0 bridgehead atoms. The van der Waals surface area contributed by atoms with Crippen LogP contribution in [0, 0.1) is 0 Å². The van der Waals surface area contributed by atoms with Crippen LogP contribution in [0.25, 0.3) is 0 Å². The number of aromatic carboxylic acids is 1. The number of amidine groups is 1. The summed E-state index contributed by atoms with van der Waals surface area (Å²) in [6, 6.07) is 8.88. The van der Waals surface area contributed by atoms with E-state index in [1.165, 1.54) is 36.7 Å². The van der Waals surface area contributed by atoms with Crippen molar-refractivity contribution in [2.45, 2.75) is 11.7 Å². The van der Waals surface area contributed by atoms with Crippen molar-refractivity contribution in [1.82, 2.24) is 0 Å². The molecule has 3 N–H and O–H groups in total. The van der Waals surface area contributed by atoms with Crippen molar-refractivity contribution >= 4 is 46.6 Å². The molecule has 9 nitrogen and oxygen atoms in total. The first-order valence-corrected chi connectivity index (χ1v) is 8.60. The zero-order chi connectivity index (χ0) is 19.4. The minimum absolute atomic E-state index is 0.0343. The van der Waals surface area contributed by atoms with Crippen LogP contribution < -0.4 is 10.6 Å². The standard InChI is InChI=1S/C17H14N4O5S/c18-17(20-19-9-12-2-1-7-26-12)27-13-8-14(22)21(15(13)23)11-5-3-10(4-6-11)16(24)25/h1-7,9,13H,8H2,(H2,18,20)(H,24,25). The van der Waals surface area contributed by atoms with Crippen LogP contribution in [0.5, 0.6) is 0 Å². The Morgan fingerprint density at radius 1 is 1.30 bits per heavy atom. The monoisotopic (exact) mass is 386 g/mol. The molecule has 10 heteroatoms. The fourth-order valence-electron chi connectivity index (χ4n) is 2.40. The molecule has 1 saturated heterocycles. The van der Waals surface area contributed by atoms with Crippen LogP contribution in [0.1, 0.15) is 22.5 Å². The second kappa shape index (κ2) is 7.87. The van der Waals surface area contributed by atoms with Crippen molar-refractivity contribution in [3.8, 4) is 0 Å². The summed E-state index contributed by atoms with van der Waals surface area (Å²) in [6.07, 6.45) is 2.82. The third-order valence-electron chi connectivity index (χ3n) is 3.63. The van der Waals surface area contributed by atoms with Gasteiger partial charge in [0.1, 0.15) is 11.0 Å². The number of carbonyl (C=O) groups is 3. The van der Waals surface area contributed by atoms with Gasteiger partial charge in [-0.05, 0) is 36.4 Å². The van der Waals surface area contributed by atoms with E-state index in [1.54, 1.807) is 12.1 Å². The SMILES string of the molecule is NC(=NN=Cc1ccco1)SC1CC(=O)N(c2ccc(C(=O)O)cc2)C1=O. The molecule has 1 aliphatic heterocycles. The predicted molar refractivity (Wildman–Crippen MR) is 99.8 cm³/mol. The number of nitrogens with two attached hydrogens (primary N) is 1. The van der Waals surface area contributed by atoms with Crippen molar-refractivity contribution in [2.24, 2.45) is 15.9 Å².